The van der Waals surface area contributed by atoms with Crippen molar-refractivity contribution in [1.82, 2.24) is 0 Å². The first-order chi connectivity index (χ1) is 6.88. The van der Waals surface area contributed by atoms with Crippen LogP contribution in [0.1, 0.15) is 20.8 Å². The zero-order valence-electron chi connectivity index (χ0n) is 9.48. The summed E-state index contributed by atoms with van der Waals surface area (Å²) in [5.74, 6) is -0.879. The summed E-state index contributed by atoms with van der Waals surface area (Å²) in [5, 5.41) is -1.75. The lowest BCUT2D eigenvalue weighted by Gasteiger charge is -2.31. The Hall–Kier alpha value is -0.420. The van der Waals surface area contributed by atoms with Gasteiger partial charge >= 0.3 is 7.60 Å². The van der Waals surface area contributed by atoms with E-state index in [1.807, 2.05) is 0 Å². The van der Waals surface area contributed by atoms with E-state index in [9.17, 15) is 9.36 Å². The molecule has 0 aliphatic carbocycles. The first-order valence-corrected chi connectivity index (χ1v) is 6.16. The lowest BCUT2D eigenvalue weighted by molar-refractivity contribution is -0.131. The van der Waals surface area contributed by atoms with E-state index in [1.54, 1.807) is 13.8 Å². The highest BCUT2D eigenvalue weighted by molar-refractivity contribution is 7.56. The van der Waals surface area contributed by atoms with Crippen molar-refractivity contribution in [3.8, 4) is 0 Å². The van der Waals surface area contributed by atoms with Crippen LogP contribution in [0.5, 0.6) is 0 Å². The van der Waals surface area contributed by atoms with Crippen LogP contribution in [0.2, 0.25) is 0 Å². The average molecular weight is 239 g/mol. The third kappa shape index (κ3) is 2.78. The fourth-order valence-electron chi connectivity index (χ4n) is 0.971. The average Bonchev–Trinajstić information content (AvgIpc) is 2.16. The van der Waals surface area contributed by atoms with Crippen LogP contribution in [0.4, 0.5) is 0 Å². The molecular formula is C8H18NO5P. The predicted molar refractivity (Wildman–Crippen MR) is 55.5 cm³/mol. The number of rotatable bonds is 7. The van der Waals surface area contributed by atoms with Crippen molar-refractivity contribution in [1.29, 1.82) is 0 Å². The number of hydrogen-bond acceptors (Lipinski definition) is 5. The molecule has 2 N–H and O–H groups in total. The van der Waals surface area contributed by atoms with Gasteiger partial charge in [0.1, 0.15) is 0 Å². The van der Waals surface area contributed by atoms with Crippen LogP contribution < -0.4 is 5.73 Å². The topological polar surface area (TPSA) is 87.8 Å². The smallest absolute Gasteiger partial charge is 0.367 e. The Morgan fingerprint density at radius 1 is 1.33 bits per heavy atom. The summed E-state index contributed by atoms with van der Waals surface area (Å²) in [5.41, 5.74) is 5.13. The van der Waals surface area contributed by atoms with Crippen LogP contribution in [-0.2, 0) is 23.1 Å². The van der Waals surface area contributed by atoms with Crippen molar-refractivity contribution in [2.24, 2.45) is 5.73 Å². The Morgan fingerprint density at radius 3 is 1.93 bits per heavy atom. The van der Waals surface area contributed by atoms with Gasteiger partial charge < -0.3 is 19.5 Å². The van der Waals surface area contributed by atoms with Gasteiger partial charge in [0.25, 0.3) is 5.91 Å². The van der Waals surface area contributed by atoms with Gasteiger partial charge in [-0.05, 0) is 20.8 Å². The van der Waals surface area contributed by atoms with E-state index in [-0.39, 0.29) is 13.2 Å². The van der Waals surface area contributed by atoms with Gasteiger partial charge in [-0.1, -0.05) is 0 Å². The highest BCUT2D eigenvalue weighted by Gasteiger charge is 2.52. The molecule has 1 atom stereocenters. The van der Waals surface area contributed by atoms with Crippen LogP contribution in [0.15, 0.2) is 0 Å². The third-order valence-electron chi connectivity index (χ3n) is 1.98. The number of primary amides is 1. The van der Waals surface area contributed by atoms with E-state index in [4.69, 9.17) is 19.5 Å². The molecule has 0 aromatic carbocycles. The quantitative estimate of drug-likeness (QED) is 0.672. The summed E-state index contributed by atoms with van der Waals surface area (Å²) < 4.78 is 27.1. The maximum Gasteiger partial charge on any atom is 0.371 e. The second kappa shape index (κ2) is 5.61. The number of carbonyl (C=O) groups is 1. The van der Waals surface area contributed by atoms with Gasteiger partial charge in [-0.15, -0.1) is 0 Å². The van der Waals surface area contributed by atoms with Crippen LogP contribution in [0, 0.1) is 0 Å². The van der Waals surface area contributed by atoms with Crippen molar-refractivity contribution in [2.75, 3.05) is 20.3 Å². The Balaban J connectivity index is 5.19. The zero-order chi connectivity index (χ0) is 12.1. The van der Waals surface area contributed by atoms with E-state index < -0.39 is 18.8 Å². The molecule has 90 valence electrons. The minimum Gasteiger partial charge on any atom is -0.367 e. The first-order valence-electron chi connectivity index (χ1n) is 4.62. The number of hydrogen-bond donors (Lipinski definition) is 1. The van der Waals surface area contributed by atoms with Crippen molar-refractivity contribution in [3.05, 3.63) is 0 Å². The molecule has 0 radical (unpaired) electrons. The monoisotopic (exact) mass is 239 g/mol. The van der Waals surface area contributed by atoms with Crippen molar-refractivity contribution in [3.63, 3.8) is 0 Å². The van der Waals surface area contributed by atoms with E-state index in [0.717, 1.165) is 0 Å². The molecule has 7 heteroatoms. The minimum absolute atomic E-state index is 0.142. The molecule has 0 fully saturated rings. The normalized spacial score (nSPS) is 16.0. The van der Waals surface area contributed by atoms with Crippen molar-refractivity contribution >= 4 is 13.5 Å². The fraction of sp³-hybridized carbons (Fsp3) is 0.875. The molecule has 0 rings (SSSR count). The highest BCUT2D eigenvalue weighted by atomic mass is 31.2. The number of methoxy groups -OCH3 is 1. The number of amides is 1. The molecule has 0 saturated carbocycles. The summed E-state index contributed by atoms with van der Waals surface area (Å²) in [4.78, 5) is 11.2. The molecule has 0 aliphatic heterocycles. The SMILES string of the molecule is CCOP(=O)(OCC)C(C)(OC)C(N)=O. The van der Waals surface area contributed by atoms with E-state index in [2.05, 4.69) is 0 Å². The molecule has 0 aromatic heterocycles. The standard InChI is InChI=1S/C8H18NO5P/c1-5-13-15(11,14-6-2)8(3,12-4)7(9)10/h5-6H2,1-4H3,(H2,9,10). The maximum absolute atomic E-state index is 12.2. The Kier molecular flexibility index (Phi) is 5.45. The highest BCUT2D eigenvalue weighted by Crippen LogP contribution is 2.60. The van der Waals surface area contributed by atoms with Crippen LogP contribution in [0.25, 0.3) is 0 Å². The maximum atomic E-state index is 12.2. The number of ether oxygens (including phenoxy) is 1. The molecule has 15 heavy (non-hydrogen) atoms. The predicted octanol–water partition coefficient (Wildman–Crippen LogP) is 1.10. The molecule has 1 amide bonds. The fourth-order valence-corrected chi connectivity index (χ4v) is 2.71. The van der Waals surface area contributed by atoms with Gasteiger partial charge in [-0.25, -0.2) is 0 Å². The summed E-state index contributed by atoms with van der Waals surface area (Å²) in [7, 11) is -2.46. The van der Waals surface area contributed by atoms with Crippen molar-refractivity contribution in [2.45, 2.75) is 26.1 Å². The largest absolute Gasteiger partial charge is 0.371 e. The summed E-state index contributed by atoms with van der Waals surface area (Å²) >= 11 is 0. The third-order valence-corrected chi connectivity index (χ3v) is 4.62. The van der Waals surface area contributed by atoms with E-state index >= 15 is 0 Å². The van der Waals surface area contributed by atoms with Crippen LogP contribution >= 0.6 is 7.60 Å². The Morgan fingerprint density at radius 2 is 1.73 bits per heavy atom. The Bertz CT molecular complexity index is 260. The summed E-state index contributed by atoms with van der Waals surface area (Å²) in [6.07, 6.45) is 0. The van der Waals surface area contributed by atoms with Gasteiger partial charge in [0.05, 0.1) is 13.2 Å². The first kappa shape index (κ1) is 14.6. The molecule has 0 spiro atoms. The Labute approximate surface area is 89.6 Å². The molecule has 0 aromatic rings. The molecule has 6 nitrogen and oxygen atoms in total. The number of nitrogens with two attached hydrogens (primary N) is 1. The van der Waals surface area contributed by atoms with Gasteiger partial charge in [-0.3, -0.25) is 9.36 Å². The number of carbonyl (C=O) groups excluding carboxylic acids is 1. The van der Waals surface area contributed by atoms with Gasteiger partial charge in [0.15, 0.2) is 0 Å². The summed E-state index contributed by atoms with van der Waals surface area (Å²) in [6.45, 7) is 4.86. The molecule has 0 aliphatic rings. The molecule has 0 saturated heterocycles. The minimum atomic E-state index is -3.69. The van der Waals surface area contributed by atoms with E-state index in [1.165, 1.54) is 14.0 Å². The second-order valence-electron chi connectivity index (χ2n) is 2.88. The van der Waals surface area contributed by atoms with Gasteiger partial charge in [-0.2, -0.15) is 0 Å². The van der Waals surface area contributed by atoms with Gasteiger partial charge in [0.2, 0.25) is 5.34 Å². The molecule has 0 heterocycles. The van der Waals surface area contributed by atoms with Crippen LogP contribution in [-0.4, -0.2) is 31.6 Å². The molecule has 1 unspecified atom stereocenters. The lowest BCUT2D eigenvalue weighted by atomic mass is 10.4. The molecular weight excluding hydrogens is 221 g/mol. The molecule has 0 bridgehead atoms. The van der Waals surface area contributed by atoms with Crippen molar-refractivity contribution < 1.29 is 23.1 Å². The van der Waals surface area contributed by atoms with Crippen LogP contribution in [0.3, 0.4) is 0 Å². The zero-order valence-corrected chi connectivity index (χ0v) is 10.4. The van der Waals surface area contributed by atoms with E-state index in [0.29, 0.717) is 0 Å². The summed E-state index contributed by atoms with van der Waals surface area (Å²) in [6, 6.07) is 0. The lowest BCUT2D eigenvalue weighted by Crippen LogP contribution is -2.43. The van der Waals surface area contributed by atoms with Gasteiger partial charge in [0, 0.05) is 7.11 Å². The second-order valence-corrected chi connectivity index (χ2v) is 5.25.